The molecule has 0 atom stereocenters. The van der Waals surface area contributed by atoms with Gasteiger partial charge in [0.05, 0.1) is 12.6 Å². The molecule has 1 aromatic carbocycles. The number of benzene rings is 1. The Hall–Kier alpha value is -1.86. The van der Waals surface area contributed by atoms with Crippen LogP contribution in [0.4, 0.5) is 0 Å². The molecule has 1 aliphatic rings. The van der Waals surface area contributed by atoms with Crippen molar-refractivity contribution >= 4 is 5.91 Å². The predicted octanol–water partition coefficient (Wildman–Crippen LogP) is 2.03. The largest absolute Gasteiger partial charge is 0.353 e. The smallest absolute Gasteiger partial charge is 0.220 e. The van der Waals surface area contributed by atoms with Gasteiger partial charge in [-0.1, -0.05) is 29.8 Å². The first-order valence-corrected chi connectivity index (χ1v) is 7.61. The minimum Gasteiger partial charge on any atom is -0.353 e. The van der Waals surface area contributed by atoms with Crippen LogP contribution in [0.25, 0.3) is 0 Å². The maximum atomic E-state index is 12.0. The molecule has 4 heteroatoms. The number of carbonyl (C=O) groups is 1. The molecule has 1 aliphatic heterocycles. The Morgan fingerprint density at radius 2 is 2.00 bits per heavy atom. The van der Waals surface area contributed by atoms with Gasteiger partial charge in [-0.3, -0.25) is 9.69 Å². The van der Waals surface area contributed by atoms with Crippen molar-refractivity contribution in [2.75, 3.05) is 19.6 Å². The molecule has 0 saturated carbocycles. The molecule has 0 aromatic heterocycles. The highest BCUT2D eigenvalue weighted by Crippen LogP contribution is 2.11. The van der Waals surface area contributed by atoms with Gasteiger partial charge in [-0.2, -0.15) is 5.26 Å². The molecule has 0 bridgehead atoms. The molecule has 1 saturated heterocycles. The van der Waals surface area contributed by atoms with Gasteiger partial charge in [0.25, 0.3) is 0 Å². The summed E-state index contributed by atoms with van der Waals surface area (Å²) in [6, 6.07) is 10.8. The Kier molecular flexibility index (Phi) is 5.77. The minimum atomic E-state index is 0.134. The summed E-state index contributed by atoms with van der Waals surface area (Å²) in [7, 11) is 0. The molecule has 0 unspecified atom stereocenters. The average molecular weight is 285 g/mol. The van der Waals surface area contributed by atoms with E-state index in [1.807, 2.05) is 0 Å². The first-order chi connectivity index (χ1) is 10.2. The monoisotopic (exact) mass is 285 g/mol. The van der Waals surface area contributed by atoms with Crippen LogP contribution in [0.3, 0.4) is 0 Å². The van der Waals surface area contributed by atoms with Crippen LogP contribution >= 0.6 is 0 Å². The highest BCUT2D eigenvalue weighted by Gasteiger charge is 2.20. The quantitative estimate of drug-likeness (QED) is 0.842. The van der Waals surface area contributed by atoms with Crippen LogP contribution in [0, 0.1) is 18.3 Å². The van der Waals surface area contributed by atoms with E-state index in [1.165, 1.54) is 11.1 Å². The van der Waals surface area contributed by atoms with E-state index in [0.717, 1.165) is 32.4 Å². The lowest BCUT2D eigenvalue weighted by molar-refractivity contribution is -0.122. The van der Waals surface area contributed by atoms with Gasteiger partial charge in [0, 0.05) is 25.6 Å². The lowest BCUT2D eigenvalue weighted by Crippen LogP contribution is -2.44. The van der Waals surface area contributed by atoms with E-state index in [1.54, 1.807) is 0 Å². The van der Waals surface area contributed by atoms with Gasteiger partial charge in [-0.05, 0) is 31.7 Å². The van der Waals surface area contributed by atoms with E-state index in [4.69, 9.17) is 5.26 Å². The fourth-order valence-corrected chi connectivity index (χ4v) is 2.65. The molecule has 4 nitrogen and oxygen atoms in total. The third-order valence-corrected chi connectivity index (χ3v) is 4.01. The summed E-state index contributed by atoms with van der Waals surface area (Å²) in [5.74, 6) is 0.134. The van der Waals surface area contributed by atoms with Gasteiger partial charge < -0.3 is 5.32 Å². The lowest BCUT2D eigenvalue weighted by Gasteiger charge is -2.30. The molecule has 2 rings (SSSR count). The van der Waals surface area contributed by atoms with Gasteiger partial charge >= 0.3 is 0 Å². The van der Waals surface area contributed by atoms with Gasteiger partial charge in [0.15, 0.2) is 0 Å². The Bertz CT molecular complexity index is 496. The summed E-state index contributed by atoms with van der Waals surface area (Å²) in [4.78, 5) is 14.1. The van der Waals surface area contributed by atoms with Crippen LogP contribution in [0.1, 0.15) is 30.4 Å². The van der Waals surface area contributed by atoms with Gasteiger partial charge in [-0.25, -0.2) is 0 Å². The Morgan fingerprint density at radius 1 is 1.33 bits per heavy atom. The number of aryl methyl sites for hydroxylation is 2. The Labute approximate surface area is 126 Å². The van der Waals surface area contributed by atoms with Crippen LogP contribution in [-0.2, 0) is 11.2 Å². The Balaban J connectivity index is 1.68. The van der Waals surface area contributed by atoms with Gasteiger partial charge in [0.1, 0.15) is 0 Å². The molecular weight excluding hydrogens is 262 g/mol. The second kappa shape index (κ2) is 7.80. The van der Waals surface area contributed by atoms with Crippen LogP contribution in [0.5, 0.6) is 0 Å². The van der Waals surface area contributed by atoms with Crippen molar-refractivity contribution in [2.24, 2.45) is 0 Å². The van der Waals surface area contributed by atoms with Crippen molar-refractivity contribution in [1.82, 2.24) is 10.2 Å². The van der Waals surface area contributed by atoms with E-state index >= 15 is 0 Å². The number of nitrogens with one attached hydrogen (secondary N) is 1. The summed E-state index contributed by atoms with van der Waals surface area (Å²) in [6.45, 7) is 4.36. The van der Waals surface area contributed by atoms with Crippen LogP contribution in [0.2, 0.25) is 0 Å². The molecule has 0 spiro atoms. The van der Waals surface area contributed by atoms with Gasteiger partial charge in [-0.15, -0.1) is 0 Å². The van der Waals surface area contributed by atoms with Crippen molar-refractivity contribution < 1.29 is 4.79 Å². The first kappa shape index (κ1) is 15.5. The SMILES string of the molecule is Cc1ccc(CCC(=O)NC2CCN(CC#N)CC2)cc1. The molecule has 1 aromatic rings. The van der Waals surface area contributed by atoms with E-state index < -0.39 is 0 Å². The highest BCUT2D eigenvalue weighted by atomic mass is 16.1. The maximum Gasteiger partial charge on any atom is 0.220 e. The molecule has 1 N–H and O–H groups in total. The number of piperidine rings is 1. The minimum absolute atomic E-state index is 0.134. The summed E-state index contributed by atoms with van der Waals surface area (Å²) in [6.07, 6.45) is 3.22. The van der Waals surface area contributed by atoms with E-state index in [9.17, 15) is 4.79 Å². The van der Waals surface area contributed by atoms with Crippen molar-refractivity contribution in [3.05, 3.63) is 35.4 Å². The van der Waals surface area contributed by atoms with Crippen LogP contribution in [-0.4, -0.2) is 36.5 Å². The first-order valence-electron chi connectivity index (χ1n) is 7.61. The Morgan fingerprint density at radius 3 is 2.62 bits per heavy atom. The summed E-state index contributed by atoms with van der Waals surface area (Å²) >= 11 is 0. The number of nitriles is 1. The number of amides is 1. The van der Waals surface area contributed by atoms with Crippen molar-refractivity contribution in [3.63, 3.8) is 0 Å². The fourth-order valence-electron chi connectivity index (χ4n) is 2.65. The molecule has 0 aliphatic carbocycles. The number of hydrogen-bond acceptors (Lipinski definition) is 3. The molecule has 0 radical (unpaired) electrons. The molecule has 1 fully saturated rings. The second-order valence-electron chi connectivity index (χ2n) is 5.76. The van der Waals surface area contributed by atoms with Crippen molar-refractivity contribution in [2.45, 2.75) is 38.6 Å². The number of likely N-dealkylation sites (tertiary alicyclic amines) is 1. The molecule has 1 heterocycles. The zero-order chi connectivity index (χ0) is 15.1. The van der Waals surface area contributed by atoms with Crippen LogP contribution < -0.4 is 5.32 Å². The number of carbonyl (C=O) groups excluding carboxylic acids is 1. The molecular formula is C17H23N3O. The third kappa shape index (κ3) is 5.20. The predicted molar refractivity (Wildman–Crippen MR) is 82.7 cm³/mol. The molecule has 1 amide bonds. The fraction of sp³-hybridized carbons (Fsp3) is 0.529. The number of nitrogens with zero attached hydrogens (tertiary/aromatic N) is 2. The molecule has 112 valence electrons. The number of rotatable bonds is 5. The average Bonchev–Trinajstić information content (AvgIpc) is 2.49. The lowest BCUT2D eigenvalue weighted by atomic mass is 10.0. The maximum absolute atomic E-state index is 12.0. The normalized spacial score (nSPS) is 16.4. The number of hydrogen-bond donors (Lipinski definition) is 1. The topological polar surface area (TPSA) is 56.1 Å². The third-order valence-electron chi connectivity index (χ3n) is 4.01. The van der Waals surface area contributed by atoms with Crippen molar-refractivity contribution in [1.29, 1.82) is 5.26 Å². The van der Waals surface area contributed by atoms with Gasteiger partial charge in [0.2, 0.25) is 5.91 Å². The standard InChI is InChI=1S/C17H23N3O/c1-14-2-4-15(5-3-14)6-7-17(21)19-16-8-11-20(12-9-16)13-10-18/h2-5,16H,6-9,11-13H2,1H3,(H,19,21). The second-order valence-corrected chi connectivity index (χ2v) is 5.76. The van der Waals surface area contributed by atoms with E-state index in [2.05, 4.69) is 47.5 Å². The molecule has 21 heavy (non-hydrogen) atoms. The summed E-state index contributed by atoms with van der Waals surface area (Å²) in [5, 5.41) is 11.8. The zero-order valence-electron chi connectivity index (χ0n) is 12.6. The van der Waals surface area contributed by atoms with Crippen molar-refractivity contribution in [3.8, 4) is 6.07 Å². The summed E-state index contributed by atoms with van der Waals surface area (Å²) < 4.78 is 0. The summed E-state index contributed by atoms with van der Waals surface area (Å²) in [5.41, 5.74) is 2.45. The highest BCUT2D eigenvalue weighted by molar-refractivity contribution is 5.76. The van der Waals surface area contributed by atoms with E-state index in [-0.39, 0.29) is 11.9 Å². The van der Waals surface area contributed by atoms with Crippen LogP contribution in [0.15, 0.2) is 24.3 Å². The zero-order valence-corrected chi connectivity index (χ0v) is 12.6. The van der Waals surface area contributed by atoms with E-state index in [0.29, 0.717) is 13.0 Å².